The highest BCUT2D eigenvalue weighted by Gasteiger charge is 2.19. The van der Waals surface area contributed by atoms with Gasteiger partial charge in [0.15, 0.2) is 5.82 Å². The molecule has 1 aromatic carbocycles. The van der Waals surface area contributed by atoms with Gasteiger partial charge in [0.2, 0.25) is 0 Å². The zero-order valence-corrected chi connectivity index (χ0v) is 12.0. The number of sulfonamides is 1. The van der Waals surface area contributed by atoms with E-state index in [1.54, 1.807) is 6.92 Å². The molecule has 0 bridgehead atoms. The molecule has 1 aromatic heterocycles. The summed E-state index contributed by atoms with van der Waals surface area (Å²) in [7, 11) is -3.91. The van der Waals surface area contributed by atoms with Crippen LogP contribution in [-0.2, 0) is 16.4 Å². The Morgan fingerprint density at radius 3 is 2.67 bits per heavy atom. The summed E-state index contributed by atoms with van der Waals surface area (Å²) < 4.78 is 26.7. The molecule has 8 heteroatoms. The molecule has 0 radical (unpaired) electrons. The molecular weight excluding hydrogens is 294 g/mol. The van der Waals surface area contributed by atoms with Gasteiger partial charge < -0.3 is 5.11 Å². The third-order valence-electron chi connectivity index (χ3n) is 2.81. The predicted octanol–water partition coefficient (Wildman–Crippen LogP) is 1.54. The molecule has 21 heavy (non-hydrogen) atoms. The second kappa shape index (κ2) is 5.88. The Morgan fingerprint density at radius 2 is 2.10 bits per heavy atom. The van der Waals surface area contributed by atoms with E-state index < -0.39 is 16.0 Å². The monoisotopic (exact) mass is 307 g/mol. The molecule has 2 aromatic rings. The van der Waals surface area contributed by atoms with Gasteiger partial charge >= 0.3 is 5.97 Å². The maximum absolute atomic E-state index is 12.2. The van der Waals surface area contributed by atoms with Crippen LogP contribution in [0.2, 0.25) is 0 Å². The summed E-state index contributed by atoms with van der Waals surface area (Å²) in [5, 5.41) is 16.3. The standard InChI is InChI=1S/C13H13N3O4S/c1-2-9-5-6-10(8-11(9)13(17)18)21(19,20)16-12-4-3-7-14-15-12/h3-8H,2H2,1H3,(H,15,16)(H,17,18). The smallest absolute Gasteiger partial charge is 0.336 e. The van der Waals surface area contributed by atoms with Crippen molar-refractivity contribution >= 4 is 21.8 Å². The van der Waals surface area contributed by atoms with Crippen LogP contribution in [-0.4, -0.2) is 29.7 Å². The lowest BCUT2D eigenvalue weighted by Gasteiger charge is -2.09. The fraction of sp³-hybridized carbons (Fsp3) is 0.154. The first-order valence-electron chi connectivity index (χ1n) is 6.11. The number of carboxylic acid groups (broad SMARTS) is 1. The minimum Gasteiger partial charge on any atom is -0.478 e. The maximum atomic E-state index is 12.2. The summed E-state index contributed by atoms with van der Waals surface area (Å²) in [6.07, 6.45) is 1.91. The largest absolute Gasteiger partial charge is 0.478 e. The first-order valence-corrected chi connectivity index (χ1v) is 7.59. The van der Waals surface area contributed by atoms with Crippen LogP contribution < -0.4 is 4.72 Å². The zero-order valence-electron chi connectivity index (χ0n) is 11.1. The summed E-state index contributed by atoms with van der Waals surface area (Å²) in [5.41, 5.74) is 0.542. The van der Waals surface area contributed by atoms with Gasteiger partial charge in [0.1, 0.15) is 0 Å². The Balaban J connectivity index is 2.41. The van der Waals surface area contributed by atoms with Crippen molar-refractivity contribution in [3.05, 3.63) is 47.7 Å². The normalized spacial score (nSPS) is 11.1. The van der Waals surface area contributed by atoms with Crippen LogP contribution in [0.1, 0.15) is 22.8 Å². The van der Waals surface area contributed by atoms with Crippen molar-refractivity contribution in [2.24, 2.45) is 0 Å². The Kier molecular flexibility index (Phi) is 4.18. The lowest BCUT2D eigenvalue weighted by atomic mass is 10.1. The number of carboxylic acids is 1. The number of hydrogen-bond donors (Lipinski definition) is 2. The molecule has 0 saturated carbocycles. The van der Waals surface area contributed by atoms with Crippen molar-refractivity contribution < 1.29 is 18.3 Å². The lowest BCUT2D eigenvalue weighted by Crippen LogP contribution is -2.15. The van der Waals surface area contributed by atoms with E-state index in [0.29, 0.717) is 12.0 Å². The van der Waals surface area contributed by atoms with Gasteiger partial charge in [-0.25, -0.2) is 13.2 Å². The summed E-state index contributed by atoms with van der Waals surface area (Å²) in [5.74, 6) is -1.10. The van der Waals surface area contributed by atoms with E-state index in [2.05, 4.69) is 14.9 Å². The molecule has 0 fully saturated rings. The van der Waals surface area contributed by atoms with Gasteiger partial charge in [-0.05, 0) is 36.2 Å². The van der Waals surface area contributed by atoms with Gasteiger partial charge in [-0.3, -0.25) is 4.72 Å². The minimum absolute atomic E-state index is 0.0282. The fourth-order valence-electron chi connectivity index (χ4n) is 1.78. The second-order valence-electron chi connectivity index (χ2n) is 4.19. The number of nitrogens with one attached hydrogen (secondary N) is 1. The number of rotatable bonds is 5. The molecule has 7 nitrogen and oxygen atoms in total. The average Bonchev–Trinajstić information content (AvgIpc) is 2.47. The van der Waals surface area contributed by atoms with Crippen molar-refractivity contribution in [1.82, 2.24) is 10.2 Å². The van der Waals surface area contributed by atoms with E-state index in [-0.39, 0.29) is 16.3 Å². The fourth-order valence-corrected chi connectivity index (χ4v) is 2.80. The van der Waals surface area contributed by atoms with E-state index in [4.69, 9.17) is 5.11 Å². The molecular formula is C13H13N3O4S. The van der Waals surface area contributed by atoms with Crippen molar-refractivity contribution in [2.45, 2.75) is 18.2 Å². The molecule has 1 heterocycles. The van der Waals surface area contributed by atoms with Crippen LogP contribution >= 0.6 is 0 Å². The van der Waals surface area contributed by atoms with Crippen molar-refractivity contribution in [2.75, 3.05) is 4.72 Å². The molecule has 0 spiro atoms. The van der Waals surface area contributed by atoms with E-state index in [1.165, 1.54) is 30.5 Å². The van der Waals surface area contributed by atoms with Crippen molar-refractivity contribution in [1.29, 1.82) is 0 Å². The van der Waals surface area contributed by atoms with E-state index in [1.807, 2.05) is 0 Å². The lowest BCUT2D eigenvalue weighted by molar-refractivity contribution is 0.0695. The molecule has 0 saturated heterocycles. The molecule has 0 unspecified atom stereocenters. The molecule has 0 aliphatic heterocycles. The van der Waals surface area contributed by atoms with Gasteiger partial charge in [-0.15, -0.1) is 5.10 Å². The summed E-state index contributed by atoms with van der Waals surface area (Å²) in [6, 6.07) is 6.98. The highest BCUT2D eigenvalue weighted by Crippen LogP contribution is 2.19. The molecule has 2 N–H and O–H groups in total. The number of hydrogen-bond acceptors (Lipinski definition) is 5. The summed E-state index contributed by atoms with van der Waals surface area (Å²) in [6.45, 7) is 1.80. The highest BCUT2D eigenvalue weighted by atomic mass is 32.2. The Morgan fingerprint density at radius 1 is 1.33 bits per heavy atom. The number of aromatic carboxylic acids is 1. The average molecular weight is 307 g/mol. The number of benzene rings is 1. The van der Waals surface area contributed by atoms with Gasteiger partial charge in [-0.2, -0.15) is 5.10 Å². The maximum Gasteiger partial charge on any atom is 0.336 e. The zero-order chi connectivity index (χ0) is 15.5. The number of anilines is 1. The highest BCUT2D eigenvalue weighted by molar-refractivity contribution is 7.92. The number of aromatic nitrogens is 2. The van der Waals surface area contributed by atoms with Gasteiger partial charge in [0, 0.05) is 6.20 Å². The van der Waals surface area contributed by atoms with Crippen LogP contribution in [0.25, 0.3) is 0 Å². The van der Waals surface area contributed by atoms with E-state index >= 15 is 0 Å². The predicted molar refractivity (Wildman–Crippen MR) is 75.6 cm³/mol. The summed E-state index contributed by atoms with van der Waals surface area (Å²) >= 11 is 0. The molecule has 0 aliphatic rings. The van der Waals surface area contributed by atoms with Crippen LogP contribution in [0.3, 0.4) is 0 Å². The Hall–Kier alpha value is -2.48. The van der Waals surface area contributed by atoms with Crippen LogP contribution in [0.4, 0.5) is 5.82 Å². The third-order valence-corrected chi connectivity index (χ3v) is 4.17. The topological polar surface area (TPSA) is 109 Å². The Labute approximate surface area is 121 Å². The van der Waals surface area contributed by atoms with E-state index in [0.717, 1.165) is 6.07 Å². The van der Waals surface area contributed by atoms with E-state index in [9.17, 15) is 13.2 Å². The van der Waals surface area contributed by atoms with Crippen LogP contribution in [0.15, 0.2) is 41.4 Å². The molecule has 110 valence electrons. The number of nitrogens with zero attached hydrogens (tertiary/aromatic N) is 2. The van der Waals surface area contributed by atoms with Crippen LogP contribution in [0.5, 0.6) is 0 Å². The SMILES string of the molecule is CCc1ccc(S(=O)(=O)Nc2cccnn2)cc1C(=O)O. The van der Waals surface area contributed by atoms with Crippen LogP contribution in [0, 0.1) is 0 Å². The Bertz CT molecular complexity index is 760. The van der Waals surface area contributed by atoms with Gasteiger partial charge in [0.05, 0.1) is 10.5 Å². The summed E-state index contributed by atoms with van der Waals surface area (Å²) in [4.78, 5) is 11.0. The minimum atomic E-state index is -3.91. The molecule has 0 atom stereocenters. The second-order valence-corrected chi connectivity index (χ2v) is 5.87. The number of aryl methyl sites for hydroxylation is 1. The first-order chi connectivity index (χ1) is 9.94. The van der Waals surface area contributed by atoms with Gasteiger partial charge in [0.25, 0.3) is 10.0 Å². The van der Waals surface area contributed by atoms with Crippen molar-refractivity contribution in [3.63, 3.8) is 0 Å². The third kappa shape index (κ3) is 3.34. The molecule has 2 rings (SSSR count). The molecule has 0 aliphatic carbocycles. The quantitative estimate of drug-likeness (QED) is 0.867. The molecule has 0 amide bonds. The number of carbonyl (C=O) groups is 1. The van der Waals surface area contributed by atoms with Gasteiger partial charge in [-0.1, -0.05) is 13.0 Å². The first kappa shape index (κ1) is 14.9. The van der Waals surface area contributed by atoms with Crippen molar-refractivity contribution in [3.8, 4) is 0 Å².